The van der Waals surface area contributed by atoms with Gasteiger partial charge in [0.2, 0.25) is 0 Å². The van der Waals surface area contributed by atoms with Gasteiger partial charge in [0.1, 0.15) is 0 Å². The van der Waals surface area contributed by atoms with Crippen molar-refractivity contribution < 1.29 is 14.3 Å². The van der Waals surface area contributed by atoms with E-state index in [4.69, 9.17) is 4.74 Å². The zero-order valence-electron chi connectivity index (χ0n) is 13.9. The molecule has 128 valence electrons. The van der Waals surface area contributed by atoms with Crippen LogP contribution >= 0.6 is 11.8 Å². The topological polar surface area (TPSA) is 53.1 Å². The van der Waals surface area contributed by atoms with Crippen molar-refractivity contribution in [2.45, 2.75) is 0 Å². The van der Waals surface area contributed by atoms with Crippen molar-refractivity contribution in [3.05, 3.63) is 34.7 Å². The fraction of sp³-hybridized carbons (Fsp3) is 0.412. The highest BCUT2D eigenvalue weighted by Gasteiger charge is 2.36. The second-order valence-electron chi connectivity index (χ2n) is 5.97. The average molecular weight is 347 g/mol. The first kappa shape index (κ1) is 17.0. The van der Waals surface area contributed by atoms with Gasteiger partial charge in [-0.05, 0) is 35.5 Å². The number of carbonyl (C=O) groups is 2. The number of hydrogen-bond donors (Lipinski definition) is 0. The summed E-state index contributed by atoms with van der Waals surface area (Å²) in [6.07, 6.45) is 1.78. The molecular weight excluding hydrogens is 326 g/mol. The highest BCUT2D eigenvalue weighted by molar-refractivity contribution is 8.18. The van der Waals surface area contributed by atoms with Gasteiger partial charge in [-0.25, -0.2) is 0 Å². The maximum absolute atomic E-state index is 12.5. The molecule has 0 atom stereocenters. The van der Waals surface area contributed by atoms with Crippen LogP contribution in [-0.4, -0.2) is 68.0 Å². The average Bonchev–Trinajstić information content (AvgIpc) is 2.84. The molecule has 2 heterocycles. The second-order valence-corrected chi connectivity index (χ2v) is 6.96. The Hall–Kier alpha value is -1.83. The number of anilines is 1. The molecular formula is C17H21N3O3S. The van der Waals surface area contributed by atoms with Crippen molar-refractivity contribution in [1.29, 1.82) is 0 Å². The summed E-state index contributed by atoms with van der Waals surface area (Å²) in [6, 6.07) is 7.88. The van der Waals surface area contributed by atoms with Crippen molar-refractivity contribution in [2.24, 2.45) is 0 Å². The van der Waals surface area contributed by atoms with Gasteiger partial charge in [0, 0.05) is 32.9 Å². The van der Waals surface area contributed by atoms with E-state index in [1.807, 2.05) is 43.3 Å². The summed E-state index contributed by atoms with van der Waals surface area (Å²) in [5, 5.41) is -0.206. The van der Waals surface area contributed by atoms with E-state index in [9.17, 15) is 9.59 Å². The molecule has 2 fully saturated rings. The lowest BCUT2D eigenvalue weighted by Gasteiger charge is -2.29. The zero-order chi connectivity index (χ0) is 17.1. The maximum Gasteiger partial charge on any atom is 0.294 e. The van der Waals surface area contributed by atoms with Crippen LogP contribution in [-0.2, 0) is 9.53 Å². The van der Waals surface area contributed by atoms with E-state index < -0.39 is 0 Å². The summed E-state index contributed by atoms with van der Waals surface area (Å²) < 4.78 is 5.29. The van der Waals surface area contributed by atoms with Crippen LogP contribution in [0.3, 0.4) is 0 Å². The number of hydrogen-bond acceptors (Lipinski definition) is 6. The van der Waals surface area contributed by atoms with E-state index in [2.05, 4.69) is 4.90 Å². The first-order valence-corrected chi connectivity index (χ1v) is 8.69. The molecule has 0 spiro atoms. The summed E-state index contributed by atoms with van der Waals surface area (Å²) in [5.41, 5.74) is 2.00. The lowest BCUT2D eigenvalue weighted by Crippen LogP contribution is -2.45. The monoisotopic (exact) mass is 347 g/mol. The zero-order valence-corrected chi connectivity index (χ0v) is 14.7. The first-order chi connectivity index (χ1) is 11.5. The summed E-state index contributed by atoms with van der Waals surface area (Å²) in [4.78, 5) is 30.6. The van der Waals surface area contributed by atoms with E-state index in [-0.39, 0.29) is 11.1 Å². The molecule has 0 aromatic heterocycles. The van der Waals surface area contributed by atoms with E-state index in [1.165, 1.54) is 4.90 Å². The van der Waals surface area contributed by atoms with E-state index in [0.717, 1.165) is 36.1 Å². The molecule has 0 saturated carbocycles. The Balaban J connectivity index is 1.70. The molecule has 0 N–H and O–H groups in total. The summed E-state index contributed by atoms with van der Waals surface area (Å²) >= 11 is 1.01. The van der Waals surface area contributed by atoms with Crippen molar-refractivity contribution in [1.82, 2.24) is 9.80 Å². The number of morpholine rings is 1. The third-order valence-corrected chi connectivity index (χ3v) is 4.93. The summed E-state index contributed by atoms with van der Waals surface area (Å²) in [7, 11) is 3.96. The molecule has 1 aromatic carbocycles. The van der Waals surface area contributed by atoms with Crippen LogP contribution in [0, 0.1) is 0 Å². The Morgan fingerprint density at radius 3 is 2.46 bits per heavy atom. The fourth-order valence-electron chi connectivity index (χ4n) is 2.58. The minimum Gasteiger partial charge on any atom is -0.379 e. The van der Waals surface area contributed by atoms with Gasteiger partial charge in [-0.2, -0.15) is 0 Å². The minimum absolute atomic E-state index is 0.206. The van der Waals surface area contributed by atoms with Crippen LogP contribution in [0.1, 0.15) is 5.56 Å². The fourth-order valence-corrected chi connectivity index (χ4v) is 3.42. The third-order valence-electron chi connectivity index (χ3n) is 4.03. The van der Waals surface area contributed by atoms with Crippen molar-refractivity contribution >= 4 is 34.7 Å². The first-order valence-electron chi connectivity index (χ1n) is 7.87. The molecule has 24 heavy (non-hydrogen) atoms. The highest BCUT2D eigenvalue weighted by Crippen LogP contribution is 2.32. The smallest absolute Gasteiger partial charge is 0.294 e. The molecule has 2 saturated heterocycles. The van der Waals surface area contributed by atoms with Gasteiger partial charge in [0.25, 0.3) is 11.1 Å². The molecule has 0 radical (unpaired) electrons. The SMILES string of the molecule is CN(C)c1ccc(/C=C2\SC(=O)N(CN3CCOCC3)C2=O)cc1. The van der Waals surface area contributed by atoms with Crippen molar-refractivity contribution in [3.8, 4) is 0 Å². The van der Waals surface area contributed by atoms with Gasteiger partial charge in [0.05, 0.1) is 24.8 Å². The third kappa shape index (κ3) is 3.80. The summed E-state index contributed by atoms with van der Waals surface area (Å²) in [5.74, 6) is -0.215. The largest absolute Gasteiger partial charge is 0.379 e. The van der Waals surface area contributed by atoms with Gasteiger partial charge in [-0.3, -0.25) is 19.4 Å². The molecule has 0 unspecified atom stereocenters. The molecule has 0 bridgehead atoms. The molecule has 7 heteroatoms. The number of imide groups is 1. The van der Waals surface area contributed by atoms with E-state index in [0.29, 0.717) is 24.8 Å². The van der Waals surface area contributed by atoms with Crippen LogP contribution in [0.4, 0.5) is 10.5 Å². The Morgan fingerprint density at radius 2 is 1.83 bits per heavy atom. The van der Waals surface area contributed by atoms with Crippen LogP contribution < -0.4 is 4.90 Å². The van der Waals surface area contributed by atoms with Crippen molar-refractivity contribution in [2.75, 3.05) is 52.0 Å². The number of rotatable bonds is 4. The van der Waals surface area contributed by atoms with Crippen molar-refractivity contribution in [3.63, 3.8) is 0 Å². The number of benzene rings is 1. The number of nitrogens with zero attached hydrogens (tertiary/aromatic N) is 3. The minimum atomic E-state index is -0.215. The highest BCUT2D eigenvalue weighted by atomic mass is 32.2. The lowest BCUT2D eigenvalue weighted by atomic mass is 10.2. The van der Waals surface area contributed by atoms with Gasteiger partial charge >= 0.3 is 0 Å². The molecule has 2 aliphatic heterocycles. The van der Waals surface area contributed by atoms with Crippen LogP contribution in [0.2, 0.25) is 0 Å². The van der Waals surface area contributed by atoms with Gasteiger partial charge in [0.15, 0.2) is 0 Å². The number of carbonyl (C=O) groups excluding carboxylic acids is 2. The quantitative estimate of drug-likeness (QED) is 0.778. The standard InChI is InChI=1S/C17H21N3O3S/c1-18(2)14-5-3-13(4-6-14)11-15-16(21)20(17(22)24-15)12-19-7-9-23-10-8-19/h3-6,11H,7-10,12H2,1-2H3/b15-11-. The van der Waals surface area contributed by atoms with Gasteiger partial charge in [-0.15, -0.1) is 0 Å². The second kappa shape index (κ2) is 7.38. The molecule has 2 aliphatic rings. The molecule has 2 amide bonds. The molecule has 3 rings (SSSR count). The maximum atomic E-state index is 12.5. The Labute approximate surface area is 146 Å². The van der Waals surface area contributed by atoms with Gasteiger partial charge < -0.3 is 9.64 Å². The van der Waals surface area contributed by atoms with Crippen LogP contribution in [0.5, 0.6) is 0 Å². The Bertz CT molecular complexity index is 652. The predicted octanol–water partition coefficient (Wildman–Crippen LogP) is 2.08. The molecule has 0 aliphatic carbocycles. The normalized spacial score (nSPS) is 20.9. The van der Waals surface area contributed by atoms with Gasteiger partial charge in [-0.1, -0.05) is 12.1 Å². The van der Waals surface area contributed by atoms with E-state index >= 15 is 0 Å². The van der Waals surface area contributed by atoms with Crippen LogP contribution in [0.15, 0.2) is 29.2 Å². The number of ether oxygens (including phenoxy) is 1. The Kier molecular flexibility index (Phi) is 5.23. The van der Waals surface area contributed by atoms with Crippen LogP contribution in [0.25, 0.3) is 6.08 Å². The van der Waals surface area contributed by atoms with E-state index in [1.54, 1.807) is 6.08 Å². The number of thioether (sulfide) groups is 1. The lowest BCUT2D eigenvalue weighted by molar-refractivity contribution is -0.125. The predicted molar refractivity (Wildman–Crippen MR) is 95.8 cm³/mol. The molecule has 6 nitrogen and oxygen atoms in total. The Morgan fingerprint density at radius 1 is 1.17 bits per heavy atom. The summed E-state index contributed by atoms with van der Waals surface area (Å²) in [6.45, 7) is 3.11. The molecule has 1 aromatic rings. The number of amides is 2.